The molecule has 14 heteroatoms. The summed E-state index contributed by atoms with van der Waals surface area (Å²) in [5, 5.41) is 10.3. The number of allylic oxidation sites excluding steroid dienone is 2. The number of pyridine rings is 1. The summed E-state index contributed by atoms with van der Waals surface area (Å²) < 4.78 is 13.8. The van der Waals surface area contributed by atoms with Crippen molar-refractivity contribution in [3.63, 3.8) is 0 Å². The highest BCUT2D eigenvalue weighted by molar-refractivity contribution is 6.36. The van der Waals surface area contributed by atoms with Gasteiger partial charge in [0.15, 0.2) is 17.2 Å². The third kappa shape index (κ3) is 4.73. The van der Waals surface area contributed by atoms with Crippen LogP contribution in [0.4, 0.5) is 16.6 Å². The number of methoxy groups -OCH3 is 1. The Morgan fingerprint density at radius 3 is 2.81 bits per heavy atom. The number of imidazole rings is 1. The summed E-state index contributed by atoms with van der Waals surface area (Å²) in [5.41, 5.74) is 1.40. The quantitative estimate of drug-likeness (QED) is 0.279. The summed E-state index contributed by atoms with van der Waals surface area (Å²) in [4.78, 5) is 38.1. The van der Waals surface area contributed by atoms with Crippen molar-refractivity contribution in [3.8, 4) is 5.75 Å². The van der Waals surface area contributed by atoms with E-state index in [1.807, 2.05) is 0 Å². The highest BCUT2D eigenvalue weighted by Crippen LogP contribution is 2.34. The van der Waals surface area contributed by atoms with Crippen molar-refractivity contribution >= 4 is 53.2 Å². The molecule has 0 atom stereocenters. The Bertz CT molecular complexity index is 1420. The van der Waals surface area contributed by atoms with E-state index in [0.717, 1.165) is 0 Å². The summed E-state index contributed by atoms with van der Waals surface area (Å²) in [6.45, 7) is 6.36. The van der Waals surface area contributed by atoms with Crippen LogP contribution in [-0.4, -0.2) is 68.6 Å². The summed E-state index contributed by atoms with van der Waals surface area (Å²) in [6.07, 6.45) is 3.85. The first kappa shape index (κ1) is 24.7. The molecular weight excluding hydrogens is 490 g/mol. The Labute approximate surface area is 211 Å². The van der Waals surface area contributed by atoms with Crippen LogP contribution in [0, 0.1) is 0 Å². The zero-order valence-corrected chi connectivity index (χ0v) is 20.8. The second-order valence-corrected chi connectivity index (χ2v) is 8.07. The highest BCUT2D eigenvalue weighted by atomic mass is 35.5. The number of hydrogen-bond donors (Lipinski definition) is 2. The van der Waals surface area contributed by atoms with Crippen LogP contribution in [0.15, 0.2) is 41.0 Å². The van der Waals surface area contributed by atoms with Gasteiger partial charge in [-0.15, -0.1) is 0 Å². The van der Waals surface area contributed by atoms with E-state index in [0.29, 0.717) is 47.5 Å². The van der Waals surface area contributed by atoms with Crippen molar-refractivity contribution < 1.29 is 19.1 Å². The zero-order chi connectivity index (χ0) is 26.0. The summed E-state index contributed by atoms with van der Waals surface area (Å²) in [6, 6.07) is 1.68. The Balaban J connectivity index is 1.60. The molecule has 0 saturated heterocycles. The fourth-order valence-corrected chi connectivity index (χ4v) is 3.78. The van der Waals surface area contributed by atoms with Gasteiger partial charge >= 0.3 is 6.09 Å². The molecule has 0 bridgehead atoms. The number of amides is 2. The number of likely N-dealkylation sites (N-methyl/N-ethyl adjacent to an activating group) is 1. The SMILES string of the molecule is C=N/C(=C\C(=C/C)Oc1cnc2nc(Nc3cc4n(n3)CCN(C)C4=O)n(C)c2c1Cl)NC(=O)OC. The van der Waals surface area contributed by atoms with Crippen LogP contribution in [0.2, 0.25) is 5.02 Å². The van der Waals surface area contributed by atoms with Crippen LogP contribution >= 0.6 is 11.6 Å². The van der Waals surface area contributed by atoms with Crippen LogP contribution in [0.25, 0.3) is 11.2 Å². The lowest BCUT2D eigenvalue weighted by Crippen LogP contribution is -2.37. The number of ether oxygens (including phenoxy) is 2. The molecule has 0 spiro atoms. The molecule has 13 nitrogen and oxygen atoms in total. The van der Waals surface area contributed by atoms with E-state index in [1.54, 1.807) is 47.3 Å². The smallest absolute Gasteiger partial charge is 0.412 e. The molecular formula is C22H24ClN9O4. The van der Waals surface area contributed by atoms with Gasteiger partial charge in [0.2, 0.25) is 5.95 Å². The van der Waals surface area contributed by atoms with Gasteiger partial charge in [-0.2, -0.15) is 10.1 Å². The van der Waals surface area contributed by atoms with Gasteiger partial charge < -0.3 is 24.3 Å². The molecule has 2 amide bonds. The number of aromatic nitrogens is 5. The van der Waals surface area contributed by atoms with Gasteiger partial charge in [-0.25, -0.2) is 14.8 Å². The maximum Gasteiger partial charge on any atom is 0.412 e. The minimum absolute atomic E-state index is 0.0938. The number of halogens is 1. The van der Waals surface area contributed by atoms with Crippen LogP contribution in [0.1, 0.15) is 17.4 Å². The summed E-state index contributed by atoms with van der Waals surface area (Å²) in [7, 11) is 4.75. The number of anilines is 2. The second-order valence-electron chi connectivity index (χ2n) is 7.69. The average molecular weight is 514 g/mol. The van der Waals surface area contributed by atoms with Crippen molar-refractivity contribution in [1.82, 2.24) is 34.5 Å². The molecule has 3 aromatic heterocycles. The number of hydrogen-bond acceptors (Lipinski definition) is 9. The van der Waals surface area contributed by atoms with Gasteiger partial charge in [-0.3, -0.25) is 14.8 Å². The molecule has 36 heavy (non-hydrogen) atoms. The Hall–Kier alpha value is -4.39. The number of fused-ring (bicyclic) bond motifs is 2. The Kier molecular flexibility index (Phi) is 6.92. The van der Waals surface area contributed by atoms with Crippen LogP contribution in [0.5, 0.6) is 5.75 Å². The fourth-order valence-electron chi connectivity index (χ4n) is 3.48. The van der Waals surface area contributed by atoms with E-state index in [-0.39, 0.29) is 22.5 Å². The third-order valence-electron chi connectivity index (χ3n) is 5.42. The Morgan fingerprint density at radius 1 is 1.33 bits per heavy atom. The molecule has 0 fully saturated rings. The van der Waals surface area contributed by atoms with Gasteiger partial charge in [-0.05, 0) is 19.7 Å². The number of nitrogens with one attached hydrogen (secondary N) is 2. The molecule has 2 N–H and O–H groups in total. The molecule has 0 aliphatic carbocycles. The minimum atomic E-state index is -0.699. The van der Waals surface area contributed by atoms with Crippen molar-refractivity contribution in [1.29, 1.82) is 0 Å². The molecule has 188 valence electrons. The van der Waals surface area contributed by atoms with Gasteiger partial charge in [0.1, 0.15) is 27.8 Å². The number of aliphatic imine (C=N–C) groups is 1. The molecule has 3 aromatic rings. The predicted octanol–water partition coefficient (Wildman–Crippen LogP) is 2.83. The number of aryl methyl sites for hydroxylation is 1. The van der Waals surface area contributed by atoms with E-state index < -0.39 is 6.09 Å². The highest BCUT2D eigenvalue weighted by Gasteiger charge is 2.24. The van der Waals surface area contributed by atoms with Gasteiger partial charge in [0.25, 0.3) is 5.91 Å². The van der Waals surface area contributed by atoms with E-state index in [1.165, 1.54) is 19.4 Å². The molecule has 0 saturated carbocycles. The first-order valence-corrected chi connectivity index (χ1v) is 11.1. The second kappa shape index (κ2) is 10.1. The standard InChI is InChI=1S/C22H24ClN9O4/c1-6-12(9-15(24-2)27-22(34)35-5)36-14-11-25-19-18(17(14)23)31(4)21(28-19)26-16-10-13-20(33)30(3)7-8-32(13)29-16/h6,9-11H,2,7-8H2,1,3-5H3,(H,27,34)(H,25,26,28,29)/b12-6+,15-9+. The molecule has 0 radical (unpaired) electrons. The van der Waals surface area contributed by atoms with Crippen LogP contribution in [-0.2, 0) is 18.3 Å². The number of alkyl carbamates (subject to hydrolysis) is 1. The number of carbonyl (C=O) groups excluding carboxylic acids is 2. The summed E-state index contributed by atoms with van der Waals surface area (Å²) >= 11 is 6.66. The van der Waals surface area contributed by atoms with Crippen molar-refractivity contribution in [2.45, 2.75) is 13.5 Å². The lowest BCUT2D eigenvalue weighted by atomic mass is 10.3. The van der Waals surface area contributed by atoms with Crippen molar-refractivity contribution in [2.24, 2.45) is 12.0 Å². The molecule has 0 unspecified atom stereocenters. The maximum atomic E-state index is 12.4. The zero-order valence-electron chi connectivity index (χ0n) is 20.1. The van der Waals surface area contributed by atoms with E-state index in [4.69, 9.17) is 16.3 Å². The predicted molar refractivity (Wildman–Crippen MR) is 134 cm³/mol. The third-order valence-corrected chi connectivity index (χ3v) is 5.78. The largest absolute Gasteiger partial charge is 0.454 e. The van der Waals surface area contributed by atoms with Crippen molar-refractivity contribution in [3.05, 3.63) is 46.7 Å². The molecule has 1 aliphatic heterocycles. The minimum Gasteiger partial charge on any atom is -0.454 e. The number of nitrogens with zero attached hydrogens (tertiary/aromatic N) is 7. The lowest BCUT2D eigenvalue weighted by molar-refractivity contribution is 0.0743. The molecule has 1 aliphatic rings. The number of rotatable bonds is 7. The first-order chi connectivity index (χ1) is 17.2. The van der Waals surface area contributed by atoms with Crippen molar-refractivity contribution in [2.75, 3.05) is 26.0 Å². The molecule has 0 aromatic carbocycles. The first-order valence-electron chi connectivity index (χ1n) is 10.7. The fraction of sp³-hybridized carbons (Fsp3) is 0.273. The monoisotopic (exact) mass is 513 g/mol. The Morgan fingerprint density at radius 2 is 2.11 bits per heavy atom. The van der Waals surface area contributed by atoms with Crippen LogP contribution < -0.4 is 15.4 Å². The molecule has 4 rings (SSSR count). The average Bonchev–Trinajstić information content (AvgIpc) is 3.43. The maximum absolute atomic E-state index is 12.4. The van der Waals surface area contributed by atoms with E-state index in [2.05, 4.69) is 42.1 Å². The number of carbonyl (C=O) groups is 2. The van der Waals surface area contributed by atoms with Crippen LogP contribution in [0.3, 0.4) is 0 Å². The summed E-state index contributed by atoms with van der Waals surface area (Å²) in [5.74, 6) is 1.53. The normalized spacial score (nSPS) is 14.0. The van der Waals surface area contributed by atoms with Gasteiger partial charge in [-0.1, -0.05) is 11.6 Å². The topological polar surface area (TPSA) is 141 Å². The van der Waals surface area contributed by atoms with E-state index >= 15 is 0 Å². The lowest BCUT2D eigenvalue weighted by Gasteiger charge is -2.22. The van der Waals surface area contributed by atoms with Gasteiger partial charge in [0, 0.05) is 32.8 Å². The van der Waals surface area contributed by atoms with E-state index in [9.17, 15) is 9.59 Å². The van der Waals surface area contributed by atoms with Gasteiger partial charge in [0.05, 0.1) is 19.9 Å². The molecule has 4 heterocycles.